The van der Waals surface area contributed by atoms with Crippen LogP contribution in [0.5, 0.6) is 0 Å². The molecule has 1 unspecified atom stereocenters. The summed E-state index contributed by atoms with van der Waals surface area (Å²) in [5, 5.41) is 4.31. The molecular weight excluding hydrogens is 256 g/mol. The molecule has 0 aliphatic heterocycles. The molecule has 2 rings (SSSR count). The maximum atomic E-state index is 6.10. The first-order valence-corrected chi connectivity index (χ1v) is 6.90. The number of halogens is 1. The number of aryl methyl sites for hydroxylation is 2. The molecule has 0 radical (unpaired) electrons. The molecule has 1 aromatic carbocycles. The fraction of sp³-hybridized carbons (Fsp3) is 0.312. The summed E-state index contributed by atoms with van der Waals surface area (Å²) < 4.78 is 0. The SMILES string of the molecule is CCNC(c1cncc(C)c1)c1ccc(Cl)c(C)c1. The molecule has 2 nitrogen and oxygen atoms in total. The Labute approximate surface area is 119 Å². The minimum absolute atomic E-state index is 0.161. The Morgan fingerprint density at radius 3 is 2.58 bits per heavy atom. The highest BCUT2D eigenvalue weighted by Gasteiger charge is 2.14. The molecule has 0 bridgehead atoms. The molecule has 1 aromatic heterocycles. The lowest BCUT2D eigenvalue weighted by Crippen LogP contribution is -2.22. The van der Waals surface area contributed by atoms with Crippen LogP contribution in [-0.4, -0.2) is 11.5 Å². The molecule has 0 fully saturated rings. The average molecular weight is 275 g/mol. The van der Waals surface area contributed by atoms with Crippen molar-refractivity contribution in [1.29, 1.82) is 0 Å². The van der Waals surface area contributed by atoms with Gasteiger partial charge < -0.3 is 5.32 Å². The topological polar surface area (TPSA) is 24.9 Å². The monoisotopic (exact) mass is 274 g/mol. The van der Waals surface area contributed by atoms with Crippen molar-refractivity contribution in [3.8, 4) is 0 Å². The van der Waals surface area contributed by atoms with Crippen molar-refractivity contribution >= 4 is 11.6 Å². The average Bonchev–Trinajstić information content (AvgIpc) is 2.39. The van der Waals surface area contributed by atoms with Gasteiger partial charge in [-0.15, -0.1) is 0 Å². The fourth-order valence-electron chi connectivity index (χ4n) is 2.22. The number of hydrogen-bond acceptors (Lipinski definition) is 2. The second-order valence-electron chi connectivity index (χ2n) is 4.79. The third-order valence-electron chi connectivity index (χ3n) is 3.15. The molecule has 0 saturated carbocycles. The number of nitrogens with one attached hydrogen (secondary N) is 1. The predicted molar refractivity (Wildman–Crippen MR) is 80.7 cm³/mol. The minimum atomic E-state index is 0.161. The summed E-state index contributed by atoms with van der Waals surface area (Å²) >= 11 is 6.10. The van der Waals surface area contributed by atoms with E-state index >= 15 is 0 Å². The molecule has 0 spiro atoms. The Morgan fingerprint density at radius 2 is 1.95 bits per heavy atom. The van der Waals surface area contributed by atoms with Gasteiger partial charge in [0.25, 0.3) is 0 Å². The van der Waals surface area contributed by atoms with E-state index in [0.717, 1.165) is 17.1 Å². The highest BCUT2D eigenvalue weighted by atomic mass is 35.5. The zero-order chi connectivity index (χ0) is 13.8. The molecule has 19 heavy (non-hydrogen) atoms. The Bertz CT molecular complexity index is 566. The summed E-state index contributed by atoms with van der Waals surface area (Å²) in [5.41, 5.74) is 4.67. The largest absolute Gasteiger partial charge is 0.306 e. The van der Waals surface area contributed by atoms with Crippen molar-refractivity contribution in [3.63, 3.8) is 0 Å². The summed E-state index contributed by atoms with van der Waals surface area (Å²) in [5.74, 6) is 0. The van der Waals surface area contributed by atoms with Crippen LogP contribution in [0.1, 0.15) is 35.2 Å². The van der Waals surface area contributed by atoms with E-state index in [2.05, 4.69) is 42.3 Å². The van der Waals surface area contributed by atoms with Gasteiger partial charge in [0, 0.05) is 17.4 Å². The molecule has 1 atom stereocenters. The van der Waals surface area contributed by atoms with Crippen LogP contribution in [0.3, 0.4) is 0 Å². The van der Waals surface area contributed by atoms with Gasteiger partial charge in [-0.25, -0.2) is 0 Å². The molecule has 0 aliphatic carbocycles. The van der Waals surface area contributed by atoms with E-state index in [1.807, 2.05) is 25.4 Å². The van der Waals surface area contributed by atoms with Crippen LogP contribution in [0, 0.1) is 13.8 Å². The van der Waals surface area contributed by atoms with Crippen LogP contribution in [0.15, 0.2) is 36.7 Å². The van der Waals surface area contributed by atoms with Gasteiger partial charge in [0.15, 0.2) is 0 Å². The van der Waals surface area contributed by atoms with Gasteiger partial charge in [-0.2, -0.15) is 0 Å². The second-order valence-corrected chi connectivity index (χ2v) is 5.20. The first kappa shape index (κ1) is 14.0. The van der Waals surface area contributed by atoms with Crippen molar-refractivity contribution in [1.82, 2.24) is 10.3 Å². The zero-order valence-corrected chi connectivity index (χ0v) is 12.3. The summed E-state index contributed by atoms with van der Waals surface area (Å²) in [6.45, 7) is 7.11. The lowest BCUT2D eigenvalue weighted by atomic mass is 9.98. The summed E-state index contributed by atoms with van der Waals surface area (Å²) in [6, 6.07) is 8.50. The molecule has 0 amide bonds. The van der Waals surface area contributed by atoms with Gasteiger partial charge in [0.05, 0.1) is 6.04 Å². The van der Waals surface area contributed by atoms with Crippen molar-refractivity contribution in [3.05, 3.63) is 63.9 Å². The zero-order valence-electron chi connectivity index (χ0n) is 11.6. The summed E-state index contributed by atoms with van der Waals surface area (Å²) in [6.07, 6.45) is 3.80. The fourth-order valence-corrected chi connectivity index (χ4v) is 2.33. The lowest BCUT2D eigenvalue weighted by Gasteiger charge is -2.19. The smallest absolute Gasteiger partial charge is 0.0592 e. The van der Waals surface area contributed by atoms with E-state index in [0.29, 0.717) is 0 Å². The van der Waals surface area contributed by atoms with Crippen LogP contribution >= 0.6 is 11.6 Å². The molecule has 1 N–H and O–H groups in total. The van der Waals surface area contributed by atoms with Crippen LogP contribution in [0.25, 0.3) is 0 Å². The number of rotatable bonds is 4. The normalized spacial score (nSPS) is 12.4. The summed E-state index contributed by atoms with van der Waals surface area (Å²) in [7, 11) is 0. The predicted octanol–water partition coefficient (Wildman–Crippen LogP) is 4.05. The number of hydrogen-bond donors (Lipinski definition) is 1. The van der Waals surface area contributed by atoms with Crippen molar-refractivity contribution < 1.29 is 0 Å². The molecule has 1 heterocycles. The van der Waals surface area contributed by atoms with Gasteiger partial charge >= 0.3 is 0 Å². The van der Waals surface area contributed by atoms with Crippen LogP contribution in [0.2, 0.25) is 5.02 Å². The Hall–Kier alpha value is -1.38. The van der Waals surface area contributed by atoms with Crippen molar-refractivity contribution in [2.75, 3.05) is 6.54 Å². The number of pyridine rings is 1. The van der Waals surface area contributed by atoms with Gasteiger partial charge in [-0.1, -0.05) is 36.7 Å². The maximum Gasteiger partial charge on any atom is 0.0592 e. The van der Waals surface area contributed by atoms with Gasteiger partial charge in [0.1, 0.15) is 0 Å². The molecule has 2 aromatic rings. The third-order valence-corrected chi connectivity index (χ3v) is 3.58. The molecule has 0 aliphatic rings. The third kappa shape index (κ3) is 3.34. The van der Waals surface area contributed by atoms with Crippen molar-refractivity contribution in [2.24, 2.45) is 0 Å². The highest BCUT2D eigenvalue weighted by molar-refractivity contribution is 6.31. The van der Waals surface area contributed by atoms with E-state index in [1.165, 1.54) is 16.7 Å². The highest BCUT2D eigenvalue weighted by Crippen LogP contribution is 2.25. The van der Waals surface area contributed by atoms with E-state index < -0.39 is 0 Å². The summed E-state index contributed by atoms with van der Waals surface area (Å²) in [4.78, 5) is 4.29. The van der Waals surface area contributed by atoms with Gasteiger partial charge in [0.2, 0.25) is 0 Å². The Kier molecular flexibility index (Phi) is 4.56. The quantitative estimate of drug-likeness (QED) is 0.910. The van der Waals surface area contributed by atoms with Crippen molar-refractivity contribution in [2.45, 2.75) is 26.8 Å². The van der Waals surface area contributed by atoms with Crippen LogP contribution in [-0.2, 0) is 0 Å². The van der Waals surface area contributed by atoms with E-state index in [4.69, 9.17) is 11.6 Å². The second kappa shape index (κ2) is 6.18. The maximum absolute atomic E-state index is 6.10. The number of benzene rings is 1. The Balaban J connectivity index is 2.42. The van der Waals surface area contributed by atoms with E-state index in [-0.39, 0.29) is 6.04 Å². The molecule has 100 valence electrons. The van der Waals surface area contributed by atoms with E-state index in [9.17, 15) is 0 Å². The standard InChI is InChI=1S/C16H19ClN2/c1-4-19-16(14-7-11(2)9-18-10-14)13-5-6-15(17)12(3)8-13/h5-10,16,19H,4H2,1-3H3. The van der Waals surface area contributed by atoms with Gasteiger partial charge in [-0.05, 0) is 48.7 Å². The molecule has 3 heteroatoms. The molecular formula is C16H19ClN2. The first-order valence-electron chi connectivity index (χ1n) is 6.52. The minimum Gasteiger partial charge on any atom is -0.306 e. The Morgan fingerprint density at radius 1 is 1.16 bits per heavy atom. The first-order chi connectivity index (χ1) is 9.11. The van der Waals surface area contributed by atoms with Crippen LogP contribution in [0.4, 0.5) is 0 Å². The van der Waals surface area contributed by atoms with Crippen LogP contribution < -0.4 is 5.32 Å². The molecule has 0 saturated heterocycles. The number of aromatic nitrogens is 1. The van der Waals surface area contributed by atoms with E-state index in [1.54, 1.807) is 0 Å². The number of nitrogens with zero attached hydrogens (tertiary/aromatic N) is 1. The lowest BCUT2D eigenvalue weighted by molar-refractivity contribution is 0.628. The van der Waals surface area contributed by atoms with Gasteiger partial charge in [-0.3, -0.25) is 4.98 Å².